The summed E-state index contributed by atoms with van der Waals surface area (Å²) in [6.45, 7) is 0. The molecule has 1 atom stereocenters. The Balaban J connectivity index is 2.34. The number of hydrogen-bond donors (Lipinski definition) is 0. The Bertz CT molecular complexity index is 351. The van der Waals surface area contributed by atoms with Crippen molar-refractivity contribution in [2.24, 2.45) is 0 Å². The molecule has 0 bridgehead atoms. The Morgan fingerprint density at radius 3 is 2.62 bits per heavy atom. The lowest BCUT2D eigenvalue weighted by Crippen LogP contribution is -2.26. The highest BCUT2D eigenvalue weighted by Gasteiger charge is 2.30. The molecule has 0 radical (unpaired) electrons. The van der Waals surface area contributed by atoms with E-state index in [0.29, 0.717) is 0 Å². The van der Waals surface area contributed by atoms with Gasteiger partial charge in [-0.2, -0.15) is 0 Å². The van der Waals surface area contributed by atoms with Crippen LogP contribution in [0, 0.1) is 0 Å². The van der Waals surface area contributed by atoms with E-state index in [1.54, 1.807) is 24.5 Å². The van der Waals surface area contributed by atoms with Gasteiger partial charge in [0, 0.05) is 12.4 Å². The average molecular weight is 181 g/mol. The first-order chi connectivity index (χ1) is 6.21. The fourth-order valence-electron chi connectivity index (χ4n) is 1.41. The minimum absolute atomic E-state index is 0.224. The SMILES string of the molecule is FC1=CC=CC(F)(n2cccc2)C1. The van der Waals surface area contributed by atoms with E-state index in [1.807, 2.05) is 0 Å². The molecule has 1 unspecified atom stereocenters. The predicted molar refractivity (Wildman–Crippen MR) is 46.5 cm³/mol. The van der Waals surface area contributed by atoms with Gasteiger partial charge in [-0.25, -0.2) is 8.78 Å². The van der Waals surface area contributed by atoms with E-state index < -0.39 is 11.6 Å². The third-order valence-corrected chi connectivity index (χ3v) is 2.08. The molecule has 1 aromatic heterocycles. The number of allylic oxidation sites excluding steroid dienone is 4. The van der Waals surface area contributed by atoms with Crippen LogP contribution in [0.25, 0.3) is 0 Å². The smallest absolute Gasteiger partial charge is 0.211 e. The van der Waals surface area contributed by atoms with Gasteiger partial charge in [-0.15, -0.1) is 0 Å². The summed E-state index contributed by atoms with van der Waals surface area (Å²) in [6, 6.07) is 3.43. The number of nitrogens with zero attached hydrogens (tertiary/aromatic N) is 1. The van der Waals surface area contributed by atoms with Crippen molar-refractivity contribution in [2.75, 3.05) is 0 Å². The van der Waals surface area contributed by atoms with Crippen molar-refractivity contribution in [3.8, 4) is 0 Å². The molecule has 13 heavy (non-hydrogen) atoms. The Hall–Kier alpha value is -1.38. The standard InChI is InChI=1S/C10H9F2N/c11-9-4-3-5-10(12,8-9)13-6-1-2-7-13/h1-7H,8H2. The normalized spacial score (nSPS) is 27.4. The van der Waals surface area contributed by atoms with E-state index >= 15 is 0 Å². The summed E-state index contributed by atoms with van der Waals surface area (Å²) in [7, 11) is 0. The first-order valence-corrected chi connectivity index (χ1v) is 4.07. The predicted octanol–water partition coefficient (Wildman–Crippen LogP) is 2.92. The van der Waals surface area contributed by atoms with Crippen LogP contribution in [0.5, 0.6) is 0 Å². The Morgan fingerprint density at radius 1 is 1.31 bits per heavy atom. The third-order valence-electron chi connectivity index (χ3n) is 2.08. The minimum atomic E-state index is -1.73. The van der Waals surface area contributed by atoms with Gasteiger partial charge < -0.3 is 4.57 Å². The van der Waals surface area contributed by atoms with Crippen molar-refractivity contribution in [3.05, 3.63) is 48.6 Å². The van der Waals surface area contributed by atoms with Crippen LogP contribution in [0.2, 0.25) is 0 Å². The van der Waals surface area contributed by atoms with Crippen LogP contribution in [0.3, 0.4) is 0 Å². The van der Waals surface area contributed by atoms with Gasteiger partial charge in [-0.05, 0) is 24.3 Å². The van der Waals surface area contributed by atoms with Crippen LogP contribution < -0.4 is 0 Å². The lowest BCUT2D eigenvalue weighted by atomic mass is 10.1. The number of hydrogen-bond acceptors (Lipinski definition) is 0. The maximum absolute atomic E-state index is 14.0. The highest BCUT2D eigenvalue weighted by Crippen LogP contribution is 2.32. The molecular weight excluding hydrogens is 172 g/mol. The highest BCUT2D eigenvalue weighted by atomic mass is 19.2. The summed E-state index contributed by atoms with van der Waals surface area (Å²) >= 11 is 0. The van der Waals surface area contributed by atoms with Crippen molar-refractivity contribution < 1.29 is 8.78 Å². The third kappa shape index (κ3) is 1.41. The molecule has 0 N–H and O–H groups in total. The van der Waals surface area contributed by atoms with Gasteiger partial charge >= 0.3 is 0 Å². The molecule has 1 heterocycles. The van der Waals surface area contributed by atoms with Crippen LogP contribution in [-0.4, -0.2) is 4.57 Å². The van der Waals surface area contributed by atoms with Gasteiger partial charge in [-0.1, -0.05) is 6.08 Å². The minimum Gasteiger partial charge on any atom is -0.318 e. The molecule has 1 aliphatic rings. The second-order valence-corrected chi connectivity index (χ2v) is 3.06. The average Bonchev–Trinajstić information content (AvgIpc) is 2.55. The molecule has 0 saturated heterocycles. The molecule has 68 valence electrons. The van der Waals surface area contributed by atoms with Gasteiger partial charge in [-0.3, -0.25) is 0 Å². The van der Waals surface area contributed by atoms with Crippen LogP contribution in [-0.2, 0) is 5.79 Å². The first-order valence-electron chi connectivity index (χ1n) is 4.07. The summed E-state index contributed by atoms with van der Waals surface area (Å²) < 4.78 is 28.2. The number of alkyl halides is 1. The number of aromatic nitrogens is 1. The molecule has 1 nitrogen and oxygen atoms in total. The monoisotopic (exact) mass is 181 g/mol. The van der Waals surface area contributed by atoms with Gasteiger partial charge in [0.25, 0.3) is 0 Å². The van der Waals surface area contributed by atoms with Crippen molar-refractivity contribution in [1.29, 1.82) is 0 Å². The second-order valence-electron chi connectivity index (χ2n) is 3.06. The van der Waals surface area contributed by atoms with E-state index in [9.17, 15) is 8.78 Å². The summed E-state index contributed by atoms with van der Waals surface area (Å²) in [4.78, 5) is 0. The zero-order valence-corrected chi connectivity index (χ0v) is 6.95. The molecule has 0 aliphatic heterocycles. The lowest BCUT2D eigenvalue weighted by molar-refractivity contribution is 0.122. The molecule has 0 fully saturated rings. The maximum atomic E-state index is 14.0. The van der Waals surface area contributed by atoms with Crippen LogP contribution in [0.15, 0.2) is 48.6 Å². The Morgan fingerprint density at radius 2 is 2.00 bits per heavy atom. The summed E-state index contributed by atoms with van der Waals surface area (Å²) in [5.41, 5.74) is 0. The van der Waals surface area contributed by atoms with E-state index in [-0.39, 0.29) is 6.42 Å². The quantitative estimate of drug-likeness (QED) is 0.627. The van der Waals surface area contributed by atoms with Crippen molar-refractivity contribution in [2.45, 2.75) is 12.2 Å². The molecule has 0 saturated carbocycles. The van der Waals surface area contributed by atoms with E-state index in [0.717, 1.165) is 0 Å². The fraction of sp³-hybridized carbons (Fsp3) is 0.200. The van der Waals surface area contributed by atoms with Crippen LogP contribution in [0.4, 0.5) is 8.78 Å². The summed E-state index contributed by atoms with van der Waals surface area (Å²) in [5.74, 6) is -2.17. The fourth-order valence-corrected chi connectivity index (χ4v) is 1.41. The Kier molecular flexibility index (Phi) is 1.79. The topological polar surface area (TPSA) is 4.93 Å². The van der Waals surface area contributed by atoms with Crippen LogP contribution >= 0.6 is 0 Å². The van der Waals surface area contributed by atoms with Gasteiger partial charge in [0.2, 0.25) is 5.79 Å². The molecule has 2 rings (SSSR count). The maximum Gasteiger partial charge on any atom is 0.211 e. The van der Waals surface area contributed by atoms with E-state index in [2.05, 4.69) is 0 Å². The van der Waals surface area contributed by atoms with Crippen LogP contribution in [0.1, 0.15) is 6.42 Å². The highest BCUT2D eigenvalue weighted by molar-refractivity contribution is 5.20. The summed E-state index contributed by atoms with van der Waals surface area (Å²) in [6.07, 6.45) is 6.99. The molecule has 1 aromatic rings. The Labute approximate surface area is 75.0 Å². The second kappa shape index (κ2) is 2.83. The molecular formula is C10H9F2N. The van der Waals surface area contributed by atoms with Gasteiger partial charge in [0.15, 0.2) is 0 Å². The lowest BCUT2D eigenvalue weighted by Gasteiger charge is -2.24. The number of halogens is 2. The van der Waals surface area contributed by atoms with Crippen molar-refractivity contribution in [3.63, 3.8) is 0 Å². The molecule has 0 amide bonds. The molecule has 0 aromatic carbocycles. The molecule has 1 aliphatic carbocycles. The zero-order chi connectivity index (χ0) is 9.31. The van der Waals surface area contributed by atoms with E-state index in [1.165, 1.54) is 22.8 Å². The van der Waals surface area contributed by atoms with Gasteiger partial charge in [0.05, 0.1) is 6.42 Å². The van der Waals surface area contributed by atoms with Crippen molar-refractivity contribution >= 4 is 0 Å². The van der Waals surface area contributed by atoms with E-state index in [4.69, 9.17) is 0 Å². The van der Waals surface area contributed by atoms with Crippen molar-refractivity contribution in [1.82, 2.24) is 4.57 Å². The molecule has 0 spiro atoms. The first kappa shape index (κ1) is 8.23. The molecule has 3 heteroatoms. The zero-order valence-electron chi connectivity index (χ0n) is 6.95. The largest absolute Gasteiger partial charge is 0.318 e. The number of rotatable bonds is 1. The van der Waals surface area contributed by atoms with Gasteiger partial charge in [0.1, 0.15) is 5.83 Å². The summed E-state index contributed by atoms with van der Waals surface area (Å²) in [5, 5.41) is 0.